The van der Waals surface area contributed by atoms with Crippen molar-refractivity contribution < 1.29 is 27.1 Å². The Hall–Kier alpha value is -1.55. The van der Waals surface area contributed by atoms with Crippen molar-refractivity contribution in [2.24, 2.45) is 0 Å². The molecule has 2 aromatic heterocycles. The van der Waals surface area contributed by atoms with Crippen molar-refractivity contribution in [2.75, 3.05) is 6.61 Å². The van der Waals surface area contributed by atoms with Crippen LogP contribution in [-0.2, 0) is 4.74 Å². The lowest BCUT2D eigenvalue weighted by Crippen LogP contribution is -2.11. The highest BCUT2D eigenvalue weighted by molar-refractivity contribution is 9.10. The van der Waals surface area contributed by atoms with Gasteiger partial charge in [0, 0.05) is 6.07 Å². The van der Waals surface area contributed by atoms with Crippen LogP contribution in [0.15, 0.2) is 27.7 Å². The minimum absolute atomic E-state index is 0.0314. The summed E-state index contributed by atoms with van der Waals surface area (Å²) in [6, 6.07) is 0.761. The van der Waals surface area contributed by atoms with E-state index in [-0.39, 0.29) is 15.8 Å². The highest BCUT2D eigenvalue weighted by atomic mass is 79.9. The first-order valence-corrected chi connectivity index (χ1v) is 7.49. The van der Waals surface area contributed by atoms with E-state index in [1.807, 2.05) is 0 Å². The molecule has 0 radical (unpaired) electrons. The molecule has 0 bridgehead atoms. The maximum Gasteiger partial charge on any atom is 0.344 e. The Kier molecular flexibility index (Phi) is 7.56. The molecule has 2 aromatic rings. The molecule has 0 aliphatic rings. The van der Waals surface area contributed by atoms with Crippen LogP contribution in [-0.4, -0.2) is 22.5 Å². The molecule has 0 N–H and O–H groups in total. The first-order valence-electron chi connectivity index (χ1n) is 5.91. The predicted molar refractivity (Wildman–Crippen MR) is 79.7 cm³/mol. The van der Waals surface area contributed by atoms with Gasteiger partial charge in [-0.2, -0.15) is 0 Å². The molecule has 0 aliphatic carbocycles. The molecular weight excluding hydrogens is 452 g/mol. The van der Waals surface area contributed by atoms with Gasteiger partial charge in [0.15, 0.2) is 17.5 Å². The largest absolute Gasteiger partial charge is 0.462 e. The van der Waals surface area contributed by atoms with Crippen molar-refractivity contribution in [1.29, 1.82) is 0 Å². The third kappa shape index (κ3) is 5.54. The molecule has 2 heterocycles. The third-order valence-corrected chi connectivity index (χ3v) is 3.31. The van der Waals surface area contributed by atoms with Crippen molar-refractivity contribution in [3.05, 3.63) is 56.5 Å². The van der Waals surface area contributed by atoms with Crippen molar-refractivity contribution in [1.82, 2.24) is 9.97 Å². The van der Waals surface area contributed by atoms with Gasteiger partial charge in [-0.25, -0.2) is 32.3 Å². The molecule has 4 nitrogen and oxygen atoms in total. The van der Waals surface area contributed by atoms with Crippen molar-refractivity contribution >= 4 is 37.8 Å². The Balaban J connectivity index is 0.000000253. The number of carbonyl (C=O) groups is 1. The van der Waals surface area contributed by atoms with Gasteiger partial charge in [-0.05, 0) is 38.8 Å². The summed E-state index contributed by atoms with van der Waals surface area (Å²) < 4.78 is 54.7. The van der Waals surface area contributed by atoms with Crippen LogP contribution in [0.5, 0.6) is 0 Å². The molecule has 0 saturated heterocycles. The number of carbonyl (C=O) groups excluding carboxylic acids is 1. The second-order valence-corrected chi connectivity index (χ2v) is 5.23. The summed E-state index contributed by atoms with van der Waals surface area (Å²) in [5.41, 5.74) is -0.728. The predicted octanol–water partition coefficient (Wildman–Crippen LogP) is 4.42. The molecule has 0 amide bonds. The molecule has 124 valence electrons. The molecular formula is C13H8Br2F4N2O2. The fourth-order valence-corrected chi connectivity index (χ4v) is 1.75. The Morgan fingerprint density at radius 1 is 1.09 bits per heavy atom. The Labute approximate surface area is 145 Å². The van der Waals surface area contributed by atoms with Gasteiger partial charge in [-0.15, -0.1) is 0 Å². The zero-order valence-corrected chi connectivity index (χ0v) is 14.6. The summed E-state index contributed by atoms with van der Waals surface area (Å²) in [5.74, 6) is -4.48. The van der Waals surface area contributed by atoms with E-state index in [0.717, 1.165) is 18.5 Å². The first-order chi connectivity index (χ1) is 10.8. The number of nitrogens with zero attached hydrogens (tertiary/aromatic N) is 2. The normalized spacial score (nSPS) is 9.87. The van der Waals surface area contributed by atoms with Gasteiger partial charge in [0.2, 0.25) is 0 Å². The Morgan fingerprint density at radius 3 is 2.22 bits per heavy atom. The summed E-state index contributed by atoms with van der Waals surface area (Å²) in [7, 11) is 0. The zero-order chi connectivity index (χ0) is 17.6. The number of pyridine rings is 2. The zero-order valence-electron chi connectivity index (χ0n) is 11.4. The van der Waals surface area contributed by atoms with E-state index in [1.54, 1.807) is 6.92 Å². The lowest BCUT2D eigenvalue weighted by molar-refractivity contribution is 0.0514. The number of aromatic nitrogens is 2. The SMILES string of the molecule is CCOC(=O)c1c(F)cnc(Br)c1F.Fc1cnc(Br)c(F)c1. The molecule has 0 atom stereocenters. The molecule has 23 heavy (non-hydrogen) atoms. The van der Waals surface area contributed by atoms with Crippen LogP contribution in [0.2, 0.25) is 0 Å². The smallest absolute Gasteiger partial charge is 0.344 e. The summed E-state index contributed by atoms with van der Waals surface area (Å²) in [4.78, 5) is 17.8. The highest BCUT2D eigenvalue weighted by Gasteiger charge is 2.21. The first kappa shape index (κ1) is 19.5. The molecule has 0 saturated carbocycles. The van der Waals surface area contributed by atoms with Crippen LogP contribution >= 0.6 is 31.9 Å². The Morgan fingerprint density at radius 2 is 1.70 bits per heavy atom. The summed E-state index contributed by atoms with van der Waals surface area (Å²) in [5, 5.41) is 0. The summed E-state index contributed by atoms with van der Waals surface area (Å²) in [6.45, 7) is 1.60. The van der Waals surface area contributed by atoms with E-state index in [0.29, 0.717) is 0 Å². The molecule has 10 heteroatoms. The van der Waals surface area contributed by atoms with Gasteiger partial charge < -0.3 is 4.74 Å². The van der Waals surface area contributed by atoms with Gasteiger partial charge in [0.25, 0.3) is 0 Å². The van der Waals surface area contributed by atoms with Crippen LogP contribution in [0.3, 0.4) is 0 Å². The van der Waals surface area contributed by atoms with Gasteiger partial charge in [-0.3, -0.25) is 0 Å². The number of hydrogen-bond acceptors (Lipinski definition) is 4. The number of rotatable bonds is 2. The van der Waals surface area contributed by atoms with Gasteiger partial charge in [-0.1, -0.05) is 0 Å². The Bertz CT molecular complexity index is 717. The average molecular weight is 460 g/mol. The van der Waals surface area contributed by atoms with Crippen LogP contribution < -0.4 is 0 Å². The lowest BCUT2D eigenvalue weighted by atomic mass is 10.2. The second kappa shape index (κ2) is 8.92. The number of esters is 1. The molecule has 0 aromatic carbocycles. The lowest BCUT2D eigenvalue weighted by Gasteiger charge is -2.04. The van der Waals surface area contributed by atoms with Crippen molar-refractivity contribution in [2.45, 2.75) is 6.92 Å². The second-order valence-electron chi connectivity index (χ2n) is 3.73. The molecule has 2 rings (SSSR count). The van der Waals surface area contributed by atoms with E-state index in [9.17, 15) is 22.4 Å². The van der Waals surface area contributed by atoms with Crippen molar-refractivity contribution in [3.63, 3.8) is 0 Å². The standard InChI is InChI=1S/C8H6BrF2NO2.C5H2BrF2N/c1-2-14-8(13)5-4(10)3-12-7(9)6(5)11;6-5-4(8)1-3(7)2-9-5/h3H,2H2,1H3;1-2H. The van der Waals surface area contributed by atoms with Gasteiger partial charge in [0.1, 0.15) is 20.6 Å². The van der Waals surface area contributed by atoms with E-state index >= 15 is 0 Å². The summed E-state index contributed by atoms with van der Waals surface area (Å²) >= 11 is 5.52. The fourth-order valence-electron chi connectivity index (χ4n) is 1.23. The third-order valence-electron chi connectivity index (χ3n) is 2.17. The van der Waals surface area contributed by atoms with E-state index in [4.69, 9.17) is 0 Å². The van der Waals surface area contributed by atoms with Gasteiger partial charge >= 0.3 is 5.97 Å². The van der Waals surface area contributed by atoms with E-state index < -0.39 is 34.8 Å². The molecule has 0 spiro atoms. The molecule has 0 fully saturated rings. The molecule has 0 unspecified atom stereocenters. The van der Waals surface area contributed by atoms with Crippen LogP contribution in [0.4, 0.5) is 17.6 Å². The number of ether oxygens (including phenoxy) is 1. The topological polar surface area (TPSA) is 52.1 Å². The van der Waals surface area contributed by atoms with Crippen LogP contribution in [0.25, 0.3) is 0 Å². The fraction of sp³-hybridized carbons (Fsp3) is 0.154. The highest BCUT2D eigenvalue weighted by Crippen LogP contribution is 2.19. The van der Waals surface area contributed by atoms with Gasteiger partial charge in [0.05, 0.1) is 19.0 Å². The maximum atomic E-state index is 13.2. The van der Waals surface area contributed by atoms with Crippen LogP contribution in [0.1, 0.15) is 17.3 Å². The minimum Gasteiger partial charge on any atom is -0.462 e. The maximum absolute atomic E-state index is 13.2. The number of hydrogen-bond donors (Lipinski definition) is 0. The van der Waals surface area contributed by atoms with Crippen molar-refractivity contribution in [3.8, 4) is 0 Å². The van der Waals surface area contributed by atoms with E-state index in [1.165, 1.54) is 0 Å². The number of halogens is 6. The monoisotopic (exact) mass is 458 g/mol. The van der Waals surface area contributed by atoms with E-state index in [2.05, 4.69) is 46.6 Å². The average Bonchev–Trinajstić information content (AvgIpc) is 2.49. The van der Waals surface area contributed by atoms with Crippen LogP contribution in [0, 0.1) is 23.3 Å². The quantitative estimate of drug-likeness (QED) is 0.379. The minimum atomic E-state index is -1.05. The summed E-state index contributed by atoms with van der Waals surface area (Å²) in [6.07, 6.45) is 1.69. The molecule has 0 aliphatic heterocycles.